The molecule has 0 aliphatic carbocycles. The maximum absolute atomic E-state index is 5.93. The van der Waals surface area contributed by atoms with E-state index in [-0.39, 0.29) is 0 Å². The van der Waals surface area contributed by atoms with Gasteiger partial charge in [-0.3, -0.25) is 4.98 Å². The molecule has 0 bridgehead atoms. The molecule has 1 heterocycles. The molecule has 0 radical (unpaired) electrons. The Hall–Kier alpha value is -1.74. The Morgan fingerprint density at radius 2 is 2.00 bits per heavy atom. The molecule has 1 aromatic heterocycles. The fourth-order valence-corrected chi connectivity index (χ4v) is 1.94. The molecule has 2 aromatic rings. The van der Waals surface area contributed by atoms with Crippen LogP contribution in [0.3, 0.4) is 0 Å². The third-order valence-corrected chi connectivity index (χ3v) is 2.88. The lowest BCUT2D eigenvalue weighted by Crippen LogP contribution is -2.03. The maximum Gasteiger partial charge on any atom is 0.166 e. The molecule has 0 fully saturated rings. The zero-order chi connectivity index (χ0) is 13.5. The molecular formula is C15H16ClNO2. The van der Waals surface area contributed by atoms with Crippen molar-refractivity contribution in [1.82, 2.24) is 4.98 Å². The number of para-hydroxylation sites is 1. The first-order chi connectivity index (χ1) is 9.35. The van der Waals surface area contributed by atoms with Gasteiger partial charge in [0.25, 0.3) is 0 Å². The zero-order valence-electron chi connectivity index (χ0n) is 10.8. The van der Waals surface area contributed by atoms with E-state index in [0.717, 1.165) is 17.0 Å². The molecular weight excluding hydrogens is 262 g/mol. The van der Waals surface area contributed by atoms with Crippen LogP contribution in [-0.2, 0) is 12.5 Å². The van der Waals surface area contributed by atoms with Crippen LogP contribution in [0.15, 0.2) is 42.6 Å². The van der Waals surface area contributed by atoms with Crippen LogP contribution < -0.4 is 9.47 Å². The number of ether oxygens (including phenoxy) is 2. The number of hydrogen-bond acceptors (Lipinski definition) is 3. The monoisotopic (exact) mass is 277 g/mol. The Kier molecular flexibility index (Phi) is 5.04. The van der Waals surface area contributed by atoms with Crippen molar-refractivity contribution in [2.45, 2.75) is 19.4 Å². The third kappa shape index (κ3) is 3.61. The number of aromatic nitrogens is 1. The highest BCUT2D eigenvalue weighted by Crippen LogP contribution is 2.32. The molecule has 100 valence electrons. The molecule has 0 saturated carbocycles. The van der Waals surface area contributed by atoms with Crippen LogP contribution in [0.4, 0.5) is 0 Å². The van der Waals surface area contributed by atoms with E-state index < -0.39 is 0 Å². The number of pyridine rings is 1. The summed E-state index contributed by atoms with van der Waals surface area (Å²) in [5.74, 6) is 1.81. The van der Waals surface area contributed by atoms with Gasteiger partial charge in [-0.15, -0.1) is 11.6 Å². The van der Waals surface area contributed by atoms with E-state index in [0.29, 0.717) is 24.8 Å². The lowest BCUT2D eigenvalue weighted by molar-refractivity contribution is 0.264. The van der Waals surface area contributed by atoms with Gasteiger partial charge < -0.3 is 9.47 Å². The van der Waals surface area contributed by atoms with Gasteiger partial charge in [0.15, 0.2) is 11.5 Å². The zero-order valence-corrected chi connectivity index (χ0v) is 11.6. The standard InChI is InChI=1S/C15H16ClNO2/c1-2-18-14-8-5-6-12(10-16)15(14)19-11-13-7-3-4-9-17-13/h3-9H,2,10-11H2,1H3. The Bertz CT molecular complexity index is 517. The van der Waals surface area contributed by atoms with Crippen LogP contribution in [0.5, 0.6) is 11.5 Å². The minimum absolute atomic E-state index is 0.387. The van der Waals surface area contributed by atoms with Crippen LogP contribution in [0.25, 0.3) is 0 Å². The Morgan fingerprint density at radius 3 is 2.68 bits per heavy atom. The summed E-state index contributed by atoms with van der Waals surface area (Å²) in [5.41, 5.74) is 1.79. The van der Waals surface area contributed by atoms with E-state index in [2.05, 4.69) is 4.98 Å². The van der Waals surface area contributed by atoms with Crippen molar-refractivity contribution in [3.05, 3.63) is 53.9 Å². The lowest BCUT2D eigenvalue weighted by Gasteiger charge is -2.14. The summed E-state index contributed by atoms with van der Waals surface area (Å²) in [7, 11) is 0. The Morgan fingerprint density at radius 1 is 1.11 bits per heavy atom. The van der Waals surface area contributed by atoms with Gasteiger partial charge in [-0.05, 0) is 25.1 Å². The van der Waals surface area contributed by atoms with Gasteiger partial charge in [0.05, 0.1) is 18.2 Å². The first kappa shape index (κ1) is 13.7. The van der Waals surface area contributed by atoms with E-state index in [1.807, 2.05) is 43.3 Å². The number of nitrogens with zero attached hydrogens (tertiary/aromatic N) is 1. The van der Waals surface area contributed by atoms with Gasteiger partial charge in [-0.1, -0.05) is 18.2 Å². The van der Waals surface area contributed by atoms with Gasteiger partial charge in [0.2, 0.25) is 0 Å². The number of benzene rings is 1. The molecule has 0 amide bonds. The summed E-state index contributed by atoms with van der Waals surface area (Å²) in [6.45, 7) is 2.93. The molecule has 19 heavy (non-hydrogen) atoms. The quantitative estimate of drug-likeness (QED) is 0.753. The highest BCUT2D eigenvalue weighted by molar-refractivity contribution is 6.17. The highest BCUT2D eigenvalue weighted by Gasteiger charge is 2.10. The fraction of sp³-hybridized carbons (Fsp3) is 0.267. The van der Waals surface area contributed by atoms with E-state index in [1.54, 1.807) is 6.20 Å². The molecule has 1 aromatic carbocycles. The number of alkyl halides is 1. The molecule has 0 N–H and O–H groups in total. The van der Waals surface area contributed by atoms with Crippen molar-refractivity contribution in [2.24, 2.45) is 0 Å². The largest absolute Gasteiger partial charge is 0.490 e. The molecule has 3 nitrogen and oxygen atoms in total. The van der Waals surface area contributed by atoms with Gasteiger partial charge in [0, 0.05) is 11.8 Å². The van der Waals surface area contributed by atoms with Crippen molar-refractivity contribution in [3.8, 4) is 11.5 Å². The second-order valence-electron chi connectivity index (χ2n) is 3.92. The predicted molar refractivity (Wildman–Crippen MR) is 75.7 cm³/mol. The molecule has 0 aliphatic rings. The second kappa shape index (κ2) is 7.00. The maximum atomic E-state index is 5.93. The van der Waals surface area contributed by atoms with Gasteiger partial charge in [-0.25, -0.2) is 0 Å². The SMILES string of the molecule is CCOc1cccc(CCl)c1OCc1ccccn1. The van der Waals surface area contributed by atoms with Crippen molar-refractivity contribution >= 4 is 11.6 Å². The Labute approximate surface area is 118 Å². The minimum Gasteiger partial charge on any atom is -0.490 e. The summed E-state index contributed by atoms with van der Waals surface area (Å²) in [5, 5.41) is 0. The average Bonchev–Trinajstić information content (AvgIpc) is 2.47. The minimum atomic E-state index is 0.387. The van der Waals surface area contributed by atoms with Gasteiger partial charge in [0.1, 0.15) is 6.61 Å². The molecule has 0 atom stereocenters. The number of hydrogen-bond donors (Lipinski definition) is 0. The molecule has 0 unspecified atom stereocenters. The fourth-order valence-electron chi connectivity index (χ4n) is 1.73. The van der Waals surface area contributed by atoms with Crippen LogP contribution in [-0.4, -0.2) is 11.6 Å². The van der Waals surface area contributed by atoms with E-state index in [9.17, 15) is 0 Å². The molecule has 2 rings (SSSR count). The third-order valence-electron chi connectivity index (χ3n) is 2.59. The van der Waals surface area contributed by atoms with Crippen molar-refractivity contribution < 1.29 is 9.47 Å². The van der Waals surface area contributed by atoms with Crippen molar-refractivity contribution in [3.63, 3.8) is 0 Å². The highest BCUT2D eigenvalue weighted by atomic mass is 35.5. The second-order valence-corrected chi connectivity index (χ2v) is 4.19. The van der Waals surface area contributed by atoms with E-state index in [1.165, 1.54) is 0 Å². The van der Waals surface area contributed by atoms with Crippen LogP contribution in [0.1, 0.15) is 18.2 Å². The molecule has 4 heteroatoms. The van der Waals surface area contributed by atoms with Crippen molar-refractivity contribution in [1.29, 1.82) is 0 Å². The first-order valence-electron chi connectivity index (χ1n) is 6.18. The molecule has 0 saturated heterocycles. The summed E-state index contributed by atoms with van der Waals surface area (Å²) >= 11 is 5.93. The van der Waals surface area contributed by atoms with Gasteiger partial charge >= 0.3 is 0 Å². The van der Waals surface area contributed by atoms with Crippen molar-refractivity contribution in [2.75, 3.05) is 6.61 Å². The predicted octanol–water partition coefficient (Wildman–Crippen LogP) is 3.80. The summed E-state index contributed by atoms with van der Waals surface area (Å²) < 4.78 is 11.4. The lowest BCUT2D eigenvalue weighted by atomic mass is 10.2. The van der Waals surface area contributed by atoms with Gasteiger partial charge in [-0.2, -0.15) is 0 Å². The average molecular weight is 278 g/mol. The van der Waals surface area contributed by atoms with E-state index in [4.69, 9.17) is 21.1 Å². The first-order valence-corrected chi connectivity index (χ1v) is 6.72. The van der Waals surface area contributed by atoms with E-state index >= 15 is 0 Å². The normalized spacial score (nSPS) is 10.2. The van der Waals surface area contributed by atoms with Crippen LogP contribution in [0.2, 0.25) is 0 Å². The molecule has 0 spiro atoms. The number of rotatable bonds is 6. The summed E-state index contributed by atoms with van der Waals surface area (Å²) in [4.78, 5) is 4.23. The summed E-state index contributed by atoms with van der Waals surface area (Å²) in [6, 6.07) is 11.5. The van der Waals surface area contributed by atoms with Crippen LogP contribution >= 0.6 is 11.6 Å². The topological polar surface area (TPSA) is 31.4 Å². The Balaban J connectivity index is 2.17. The smallest absolute Gasteiger partial charge is 0.166 e. The summed E-state index contributed by atoms with van der Waals surface area (Å²) in [6.07, 6.45) is 1.75. The van der Waals surface area contributed by atoms with Crippen LogP contribution in [0, 0.1) is 0 Å². The number of halogens is 1. The molecule has 0 aliphatic heterocycles.